The summed E-state index contributed by atoms with van der Waals surface area (Å²) in [4.78, 5) is 25.0. The number of halogens is 1. The van der Waals surface area contributed by atoms with E-state index in [0.717, 1.165) is 10.0 Å². The molecule has 1 aliphatic rings. The Labute approximate surface area is 132 Å². The van der Waals surface area contributed by atoms with Crippen LogP contribution in [0.1, 0.15) is 24.8 Å². The SMILES string of the molecule is C[C@H](CC(=O)N1CCOC[C@H]1C(=O)O)c1ccccc1Br. The van der Waals surface area contributed by atoms with Gasteiger partial charge in [-0.2, -0.15) is 0 Å². The maximum Gasteiger partial charge on any atom is 0.328 e. The summed E-state index contributed by atoms with van der Waals surface area (Å²) in [5.41, 5.74) is 1.05. The fraction of sp³-hybridized carbons (Fsp3) is 0.467. The lowest BCUT2D eigenvalue weighted by Crippen LogP contribution is -2.52. The molecule has 1 fully saturated rings. The van der Waals surface area contributed by atoms with E-state index in [2.05, 4.69) is 15.9 Å². The maximum absolute atomic E-state index is 12.4. The van der Waals surface area contributed by atoms with Gasteiger partial charge in [0.1, 0.15) is 0 Å². The first-order valence-electron chi connectivity index (χ1n) is 6.85. The molecule has 2 atom stereocenters. The van der Waals surface area contributed by atoms with E-state index in [4.69, 9.17) is 4.74 Å². The normalized spacial score (nSPS) is 20.1. The van der Waals surface area contributed by atoms with Crippen LogP contribution in [0.2, 0.25) is 0 Å². The number of morpholine rings is 1. The molecular formula is C15H18BrNO4. The lowest BCUT2D eigenvalue weighted by Gasteiger charge is -2.33. The molecule has 0 aliphatic carbocycles. The summed E-state index contributed by atoms with van der Waals surface area (Å²) in [7, 11) is 0. The van der Waals surface area contributed by atoms with E-state index in [-0.39, 0.29) is 24.9 Å². The van der Waals surface area contributed by atoms with Crippen LogP contribution in [0, 0.1) is 0 Å². The van der Waals surface area contributed by atoms with Crippen molar-refractivity contribution in [2.24, 2.45) is 0 Å². The van der Waals surface area contributed by atoms with Crippen molar-refractivity contribution in [1.29, 1.82) is 0 Å². The Kier molecular flexibility index (Phi) is 5.36. The molecule has 114 valence electrons. The van der Waals surface area contributed by atoms with Crippen LogP contribution >= 0.6 is 15.9 Å². The molecule has 0 spiro atoms. The molecule has 0 radical (unpaired) electrons. The van der Waals surface area contributed by atoms with Crippen molar-refractivity contribution in [3.05, 3.63) is 34.3 Å². The van der Waals surface area contributed by atoms with Crippen LogP contribution in [0.25, 0.3) is 0 Å². The van der Waals surface area contributed by atoms with E-state index < -0.39 is 12.0 Å². The maximum atomic E-state index is 12.4. The van der Waals surface area contributed by atoms with Crippen molar-refractivity contribution < 1.29 is 19.4 Å². The van der Waals surface area contributed by atoms with E-state index in [0.29, 0.717) is 13.2 Å². The molecule has 0 aromatic heterocycles. The molecule has 0 unspecified atom stereocenters. The average molecular weight is 356 g/mol. The Balaban J connectivity index is 2.06. The van der Waals surface area contributed by atoms with Crippen molar-refractivity contribution in [2.45, 2.75) is 25.3 Å². The summed E-state index contributed by atoms with van der Waals surface area (Å²) in [6.45, 7) is 2.75. The van der Waals surface area contributed by atoms with Gasteiger partial charge in [0.15, 0.2) is 6.04 Å². The van der Waals surface area contributed by atoms with Gasteiger partial charge in [0.25, 0.3) is 0 Å². The molecule has 1 aliphatic heterocycles. The molecule has 1 aromatic carbocycles. The highest BCUT2D eigenvalue weighted by atomic mass is 79.9. The highest BCUT2D eigenvalue weighted by Crippen LogP contribution is 2.27. The van der Waals surface area contributed by atoms with Crippen molar-refractivity contribution in [3.63, 3.8) is 0 Å². The Bertz CT molecular complexity index is 534. The second kappa shape index (κ2) is 7.04. The number of aliphatic carboxylic acids is 1. The summed E-state index contributed by atoms with van der Waals surface area (Å²) >= 11 is 3.48. The minimum atomic E-state index is -1.02. The first-order valence-corrected chi connectivity index (χ1v) is 7.64. The molecule has 1 heterocycles. The number of hydrogen-bond donors (Lipinski definition) is 1. The van der Waals surface area contributed by atoms with Crippen LogP contribution in [-0.4, -0.2) is 47.7 Å². The highest BCUT2D eigenvalue weighted by Gasteiger charge is 2.33. The van der Waals surface area contributed by atoms with E-state index in [9.17, 15) is 14.7 Å². The second-order valence-electron chi connectivity index (χ2n) is 5.14. The minimum absolute atomic E-state index is 0.0189. The zero-order valence-corrected chi connectivity index (χ0v) is 13.4. The smallest absolute Gasteiger partial charge is 0.328 e. The number of rotatable bonds is 4. The lowest BCUT2D eigenvalue weighted by molar-refractivity contribution is -0.158. The number of carbonyl (C=O) groups excluding carboxylic acids is 1. The minimum Gasteiger partial charge on any atom is -0.480 e. The predicted molar refractivity (Wildman–Crippen MR) is 81.1 cm³/mol. The number of hydrogen-bond acceptors (Lipinski definition) is 3. The lowest BCUT2D eigenvalue weighted by atomic mass is 9.97. The summed E-state index contributed by atoms with van der Waals surface area (Å²) in [6.07, 6.45) is 0.284. The third-order valence-corrected chi connectivity index (χ3v) is 4.37. The third kappa shape index (κ3) is 3.83. The van der Waals surface area contributed by atoms with Crippen molar-refractivity contribution in [2.75, 3.05) is 19.8 Å². The van der Waals surface area contributed by atoms with E-state index in [1.165, 1.54) is 4.90 Å². The molecular weight excluding hydrogens is 338 g/mol. The summed E-state index contributed by atoms with van der Waals surface area (Å²) < 4.78 is 6.11. The van der Waals surface area contributed by atoms with Crippen molar-refractivity contribution in [1.82, 2.24) is 4.90 Å². The zero-order valence-electron chi connectivity index (χ0n) is 11.8. The van der Waals surface area contributed by atoms with Crippen LogP contribution in [0.15, 0.2) is 28.7 Å². The molecule has 6 heteroatoms. The Hall–Kier alpha value is -1.40. The number of nitrogens with zero attached hydrogens (tertiary/aromatic N) is 1. The standard InChI is InChI=1S/C15H18BrNO4/c1-10(11-4-2-3-5-12(11)16)8-14(18)17-6-7-21-9-13(17)15(19)20/h2-5,10,13H,6-9H2,1H3,(H,19,20)/t10-,13+/m1/s1. The van der Waals surface area contributed by atoms with Gasteiger partial charge in [-0.1, -0.05) is 41.1 Å². The molecule has 2 rings (SSSR count). The van der Waals surface area contributed by atoms with Gasteiger partial charge in [0.2, 0.25) is 5.91 Å². The zero-order chi connectivity index (χ0) is 15.4. The number of amides is 1. The first kappa shape index (κ1) is 16.0. The van der Waals surface area contributed by atoms with Crippen LogP contribution in [0.5, 0.6) is 0 Å². The molecule has 1 amide bonds. The van der Waals surface area contributed by atoms with Crippen LogP contribution in [0.4, 0.5) is 0 Å². The molecule has 0 saturated carbocycles. The number of ether oxygens (including phenoxy) is 1. The molecule has 21 heavy (non-hydrogen) atoms. The van der Waals surface area contributed by atoms with Crippen LogP contribution in [0.3, 0.4) is 0 Å². The van der Waals surface area contributed by atoms with Gasteiger partial charge in [-0.25, -0.2) is 4.79 Å². The molecule has 1 N–H and O–H groups in total. The van der Waals surface area contributed by atoms with E-state index >= 15 is 0 Å². The van der Waals surface area contributed by atoms with Gasteiger partial charge in [0, 0.05) is 17.4 Å². The van der Waals surface area contributed by atoms with E-state index in [1.807, 2.05) is 31.2 Å². The number of carboxylic acids is 1. The number of carboxylic acid groups (broad SMARTS) is 1. The van der Waals surface area contributed by atoms with Gasteiger partial charge in [-0.3, -0.25) is 4.79 Å². The van der Waals surface area contributed by atoms with Gasteiger partial charge >= 0.3 is 5.97 Å². The Morgan fingerprint density at radius 3 is 2.86 bits per heavy atom. The van der Waals surface area contributed by atoms with Crippen LogP contribution in [-0.2, 0) is 14.3 Å². The number of carbonyl (C=O) groups is 2. The van der Waals surface area contributed by atoms with E-state index in [1.54, 1.807) is 0 Å². The van der Waals surface area contributed by atoms with Gasteiger partial charge in [-0.05, 0) is 17.5 Å². The monoisotopic (exact) mass is 355 g/mol. The quantitative estimate of drug-likeness (QED) is 0.899. The topological polar surface area (TPSA) is 66.8 Å². The van der Waals surface area contributed by atoms with Crippen molar-refractivity contribution in [3.8, 4) is 0 Å². The Morgan fingerprint density at radius 2 is 2.19 bits per heavy atom. The van der Waals surface area contributed by atoms with Gasteiger partial charge < -0.3 is 14.7 Å². The van der Waals surface area contributed by atoms with Crippen LogP contribution < -0.4 is 0 Å². The predicted octanol–water partition coefficient (Wildman–Crippen LogP) is 2.25. The fourth-order valence-corrected chi connectivity index (χ4v) is 3.15. The summed E-state index contributed by atoms with van der Waals surface area (Å²) in [5, 5.41) is 9.17. The summed E-state index contributed by atoms with van der Waals surface area (Å²) in [5.74, 6) is -1.14. The molecule has 1 saturated heterocycles. The summed E-state index contributed by atoms with van der Waals surface area (Å²) in [6, 6.07) is 6.87. The fourth-order valence-electron chi connectivity index (χ4n) is 2.47. The number of benzene rings is 1. The highest BCUT2D eigenvalue weighted by molar-refractivity contribution is 9.10. The van der Waals surface area contributed by atoms with Crippen molar-refractivity contribution >= 4 is 27.8 Å². The largest absolute Gasteiger partial charge is 0.480 e. The van der Waals surface area contributed by atoms with Gasteiger partial charge in [-0.15, -0.1) is 0 Å². The average Bonchev–Trinajstić information content (AvgIpc) is 2.47. The molecule has 1 aromatic rings. The Morgan fingerprint density at radius 1 is 1.48 bits per heavy atom. The molecule has 0 bridgehead atoms. The molecule has 5 nitrogen and oxygen atoms in total. The first-order chi connectivity index (χ1) is 10.0. The second-order valence-corrected chi connectivity index (χ2v) is 6.00. The third-order valence-electron chi connectivity index (χ3n) is 3.65. The van der Waals surface area contributed by atoms with Gasteiger partial charge in [0.05, 0.1) is 13.2 Å².